The van der Waals surface area contributed by atoms with Gasteiger partial charge in [0.2, 0.25) is 0 Å². The number of hydrogen-bond donors (Lipinski definition) is 1. The number of rotatable bonds is 4. The molecule has 2 rings (SSSR count). The summed E-state index contributed by atoms with van der Waals surface area (Å²) in [7, 11) is 0. The maximum Gasteiger partial charge on any atom is 0.157 e. The minimum atomic E-state index is 0.320. The fourth-order valence-corrected chi connectivity index (χ4v) is 2.11. The molecule has 19 heavy (non-hydrogen) atoms. The lowest BCUT2D eigenvalue weighted by atomic mass is 10.2. The van der Waals surface area contributed by atoms with E-state index in [4.69, 9.17) is 33.1 Å². The van der Waals surface area contributed by atoms with Crippen molar-refractivity contribution < 1.29 is 9.94 Å². The molecule has 0 aliphatic heterocycles. The molecule has 0 bridgehead atoms. The molecule has 1 heterocycles. The van der Waals surface area contributed by atoms with Crippen LogP contribution >= 0.6 is 23.2 Å². The third-order valence-corrected chi connectivity index (χ3v) is 2.89. The Morgan fingerprint density at radius 1 is 1.32 bits per heavy atom. The van der Waals surface area contributed by atoms with Gasteiger partial charge in [-0.25, -0.2) is 0 Å². The number of nitrogens with zero attached hydrogens (tertiary/aromatic N) is 2. The van der Waals surface area contributed by atoms with Gasteiger partial charge in [0, 0.05) is 18.0 Å². The molecule has 0 radical (unpaired) electrons. The van der Waals surface area contributed by atoms with E-state index in [1.807, 2.05) is 12.1 Å². The van der Waals surface area contributed by atoms with E-state index in [1.165, 1.54) is 6.21 Å². The molecule has 1 N–H and O–H groups in total. The highest BCUT2D eigenvalue weighted by molar-refractivity contribution is 6.37. The lowest BCUT2D eigenvalue weighted by molar-refractivity contribution is 0.306. The van der Waals surface area contributed by atoms with Crippen LogP contribution in [0.5, 0.6) is 5.75 Å². The van der Waals surface area contributed by atoms with Crippen molar-refractivity contribution in [3.05, 3.63) is 57.8 Å². The molecule has 0 saturated carbocycles. The summed E-state index contributed by atoms with van der Waals surface area (Å²) in [5.74, 6) is 0.391. The van der Waals surface area contributed by atoms with Crippen molar-refractivity contribution in [1.82, 2.24) is 4.98 Å². The predicted octanol–water partition coefficient (Wildman–Crippen LogP) is 3.78. The predicted molar refractivity (Wildman–Crippen MR) is 74.4 cm³/mol. The van der Waals surface area contributed by atoms with Crippen LogP contribution in [0.25, 0.3) is 0 Å². The molecule has 1 aromatic carbocycles. The Morgan fingerprint density at radius 2 is 2.05 bits per heavy atom. The van der Waals surface area contributed by atoms with Crippen molar-refractivity contribution in [2.45, 2.75) is 6.61 Å². The van der Waals surface area contributed by atoms with Crippen LogP contribution < -0.4 is 4.74 Å². The van der Waals surface area contributed by atoms with Crippen LogP contribution in [0.2, 0.25) is 10.0 Å². The monoisotopic (exact) mass is 296 g/mol. The summed E-state index contributed by atoms with van der Waals surface area (Å²) in [5.41, 5.74) is 1.50. The van der Waals surface area contributed by atoms with Crippen LogP contribution in [0.4, 0.5) is 0 Å². The van der Waals surface area contributed by atoms with E-state index in [1.54, 1.807) is 24.5 Å². The summed E-state index contributed by atoms with van der Waals surface area (Å²) in [6.07, 6.45) is 4.63. The van der Waals surface area contributed by atoms with Crippen molar-refractivity contribution >= 4 is 29.4 Å². The molecule has 0 fully saturated rings. The maximum atomic E-state index is 8.47. The first-order chi connectivity index (χ1) is 9.20. The smallest absolute Gasteiger partial charge is 0.157 e. The number of oxime groups is 1. The maximum absolute atomic E-state index is 8.47. The molecule has 2 aromatic rings. The second-order valence-corrected chi connectivity index (χ2v) is 4.52. The third-order valence-electron chi connectivity index (χ3n) is 2.33. The SMILES string of the molecule is O/N=C/c1cc(Cl)c(OCc2cccnc2)c(Cl)c1. The molecule has 98 valence electrons. The van der Waals surface area contributed by atoms with Gasteiger partial charge in [-0.15, -0.1) is 0 Å². The second kappa shape index (κ2) is 6.41. The number of halogens is 2. The highest BCUT2D eigenvalue weighted by Crippen LogP contribution is 2.34. The topological polar surface area (TPSA) is 54.7 Å². The Balaban J connectivity index is 2.17. The number of aromatic nitrogens is 1. The molecule has 0 saturated heterocycles. The van der Waals surface area contributed by atoms with Crippen LogP contribution in [0.3, 0.4) is 0 Å². The molecule has 0 spiro atoms. The first kappa shape index (κ1) is 13.6. The summed E-state index contributed by atoms with van der Waals surface area (Å²) in [6, 6.07) is 6.92. The zero-order valence-electron chi connectivity index (χ0n) is 9.75. The van der Waals surface area contributed by atoms with Crippen molar-refractivity contribution in [1.29, 1.82) is 0 Å². The van der Waals surface area contributed by atoms with Crippen molar-refractivity contribution in [2.75, 3.05) is 0 Å². The van der Waals surface area contributed by atoms with Gasteiger partial charge in [-0.2, -0.15) is 0 Å². The van der Waals surface area contributed by atoms with Crippen LogP contribution in [0, 0.1) is 0 Å². The van der Waals surface area contributed by atoms with Gasteiger partial charge in [0.05, 0.1) is 16.3 Å². The van der Waals surface area contributed by atoms with Gasteiger partial charge in [0.15, 0.2) is 5.75 Å². The van der Waals surface area contributed by atoms with Crippen molar-refractivity contribution in [3.8, 4) is 5.75 Å². The average Bonchev–Trinajstić information content (AvgIpc) is 2.39. The number of hydrogen-bond acceptors (Lipinski definition) is 4. The summed E-state index contributed by atoms with van der Waals surface area (Å²) < 4.78 is 5.58. The van der Waals surface area contributed by atoms with E-state index in [-0.39, 0.29) is 0 Å². The van der Waals surface area contributed by atoms with Gasteiger partial charge in [0.1, 0.15) is 6.61 Å². The Labute approximate surface area is 120 Å². The van der Waals surface area contributed by atoms with Crippen LogP contribution in [0.1, 0.15) is 11.1 Å². The zero-order valence-corrected chi connectivity index (χ0v) is 11.3. The molecule has 0 amide bonds. The van der Waals surface area contributed by atoms with E-state index >= 15 is 0 Å². The van der Waals surface area contributed by atoms with Gasteiger partial charge < -0.3 is 9.94 Å². The highest BCUT2D eigenvalue weighted by Gasteiger charge is 2.09. The number of benzene rings is 1. The van der Waals surface area contributed by atoms with Gasteiger partial charge in [-0.1, -0.05) is 34.4 Å². The summed E-state index contributed by atoms with van der Waals surface area (Å²) in [5, 5.41) is 12.1. The van der Waals surface area contributed by atoms with Gasteiger partial charge >= 0.3 is 0 Å². The highest BCUT2D eigenvalue weighted by atomic mass is 35.5. The van der Waals surface area contributed by atoms with Gasteiger partial charge in [0.25, 0.3) is 0 Å². The summed E-state index contributed by atoms with van der Waals surface area (Å²) in [4.78, 5) is 3.99. The van der Waals surface area contributed by atoms with Crippen LogP contribution in [-0.4, -0.2) is 16.4 Å². The molecular formula is C13H10Cl2N2O2. The Morgan fingerprint density at radius 3 is 2.63 bits per heavy atom. The Hall–Kier alpha value is -1.78. The Bertz CT molecular complexity index is 565. The molecule has 0 aliphatic carbocycles. The normalized spacial score (nSPS) is 10.8. The van der Waals surface area contributed by atoms with Gasteiger partial charge in [-0.05, 0) is 23.8 Å². The molecule has 0 aliphatic rings. The van der Waals surface area contributed by atoms with E-state index in [0.29, 0.717) is 28.0 Å². The second-order valence-electron chi connectivity index (χ2n) is 3.71. The quantitative estimate of drug-likeness (QED) is 0.531. The van der Waals surface area contributed by atoms with Crippen LogP contribution in [0.15, 0.2) is 41.8 Å². The number of ether oxygens (including phenoxy) is 1. The molecule has 0 unspecified atom stereocenters. The molecule has 0 atom stereocenters. The average molecular weight is 297 g/mol. The van der Waals surface area contributed by atoms with E-state index in [0.717, 1.165) is 5.56 Å². The first-order valence-corrected chi connectivity index (χ1v) is 6.14. The summed E-state index contributed by atoms with van der Waals surface area (Å²) in [6.45, 7) is 0.320. The Kier molecular flexibility index (Phi) is 4.60. The molecular weight excluding hydrogens is 287 g/mol. The third kappa shape index (κ3) is 3.59. The van der Waals surface area contributed by atoms with E-state index in [2.05, 4.69) is 10.1 Å². The standard InChI is InChI=1S/C13H10Cl2N2O2/c14-11-4-10(7-17-18)5-12(15)13(11)19-8-9-2-1-3-16-6-9/h1-7,18H,8H2/b17-7+. The minimum Gasteiger partial charge on any atom is -0.486 e. The molecule has 1 aromatic heterocycles. The largest absolute Gasteiger partial charge is 0.486 e. The molecule has 4 nitrogen and oxygen atoms in total. The zero-order chi connectivity index (χ0) is 13.7. The van der Waals surface area contributed by atoms with Crippen LogP contribution in [-0.2, 0) is 6.61 Å². The fraction of sp³-hybridized carbons (Fsp3) is 0.0769. The van der Waals surface area contributed by atoms with E-state index in [9.17, 15) is 0 Å². The summed E-state index contributed by atoms with van der Waals surface area (Å²) >= 11 is 12.1. The van der Waals surface area contributed by atoms with Gasteiger partial charge in [-0.3, -0.25) is 4.98 Å². The van der Waals surface area contributed by atoms with Crippen molar-refractivity contribution in [3.63, 3.8) is 0 Å². The lowest BCUT2D eigenvalue weighted by Gasteiger charge is -2.10. The van der Waals surface area contributed by atoms with Crippen molar-refractivity contribution in [2.24, 2.45) is 5.16 Å². The van der Waals surface area contributed by atoms with E-state index < -0.39 is 0 Å². The first-order valence-electron chi connectivity index (χ1n) is 5.39. The molecule has 6 heteroatoms. The lowest BCUT2D eigenvalue weighted by Crippen LogP contribution is -1.97. The minimum absolute atomic E-state index is 0.320. The number of pyridine rings is 1. The fourth-order valence-electron chi connectivity index (χ4n) is 1.50.